The molecule has 0 unspecified atom stereocenters. The standard InChI is InChI=1S/C24H27ClN4O4/c1-15(18-8-6-7-9-19(18)25)32-22(30)27-20-14-29(5)28-21(20)16-10-12-17(13-11-16)26-23(31)33-24(2,3)4/h6-15H,1-5H3,(H,26,31)(H,27,30)/t15-/m1/s1. The van der Waals surface area contributed by atoms with Gasteiger partial charge in [0.05, 0.1) is 5.69 Å². The lowest BCUT2D eigenvalue weighted by Crippen LogP contribution is -2.27. The monoisotopic (exact) mass is 470 g/mol. The third kappa shape index (κ3) is 6.73. The van der Waals surface area contributed by atoms with Crippen molar-refractivity contribution in [2.75, 3.05) is 10.6 Å². The average Bonchev–Trinajstić information content (AvgIpc) is 3.07. The fraction of sp³-hybridized carbons (Fsp3) is 0.292. The molecule has 9 heteroatoms. The quantitative estimate of drug-likeness (QED) is 0.450. The van der Waals surface area contributed by atoms with Crippen molar-refractivity contribution in [2.24, 2.45) is 7.05 Å². The zero-order valence-corrected chi connectivity index (χ0v) is 19.9. The second-order valence-corrected chi connectivity index (χ2v) is 8.87. The molecule has 3 rings (SSSR count). The van der Waals surface area contributed by atoms with Gasteiger partial charge in [-0.15, -0.1) is 0 Å². The molecular weight excluding hydrogens is 444 g/mol. The Morgan fingerprint density at radius 1 is 1.03 bits per heavy atom. The van der Waals surface area contributed by atoms with Crippen molar-refractivity contribution in [2.45, 2.75) is 39.4 Å². The summed E-state index contributed by atoms with van der Waals surface area (Å²) in [7, 11) is 1.75. The van der Waals surface area contributed by atoms with E-state index in [2.05, 4.69) is 15.7 Å². The van der Waals surface area contributed by atoms with Crippen LogP contribution in [0.15, 0.2) is 54.7 Å². The second-order valence-electron chi connectivity index (χ2n) is 8.46. The van der Waals surface area contributed by atoms with Gasteiger partial charge in [-0.25, -0.2) is 9.59 Å². The molecule has 0 saturated heterocycles. The van der Waals surface area contributed by atoms with E-state index in [4.69, 9.17) is 21.1 Å². The predicted molar refractivity (Wildman–Crippen MR) is 128 cm³/mol. The summed E-state index contributed by atoms with van der Waals surface area (Å²) in [5, 5.41) is 10.4. The van der Waals surface area contributed by atoms with E-state index in [0.717, 1.165) is 5.56 Å². The second kappa shape index (κ2) is 9.95. The van der Waals surface area contributed by atoms with Crippen molar-refractivity contribution < 1.29 is 19.1 Å². The van der Waals surface area contributed by atoms with E-state index in [9.17, 15) is 9.59 Å². The molecule has 2 amide bonds. The van der Waals surface area contributed by atoms with E-state index in [-0.39, 0.29) is 0 Å². The van der Waals surface area contributed by atoms with Gasteiger partial charge in [0.25, 0.3) is 0 Å². The minimum absolute atomic E-state index is 0.488. The predicted octanol–water partition coefficient (Wildman–Crippen LogP) is 6.40. The number of ether oxygens (including phenoxy) is 2. The van der Waals surface area contributed by atoms with Crippen LogP contribution in [0.4, 0.5) is 21.0 Å². The highest BCUT2D eigenvalue weighted by Gasteiger charge is 2.19. The molecule has 0 aliphatic heterocycles. The van der Waals surface area contributed by atoms with Gasteiger partial charge in [-0.2, -0.15) is 5.10 Å². The minimum Gasteiger partial charge on any atom is -0.444 e. The van der Waals surface area contributed by atoms with Gasteiger partial charge in [0.15, 0.2) is 0 Å². The van der Waals surface area contributed by atoms with E-state index in [0.29, 0.717) is 27.7 Å². The molecule has 3 aromatic rings. The maximum Gasteiger partial charge on any atom is 0.412 e. The summed E-state index contributed by atoms with van der Waals surface area (Å²) in [5.41, 5.74) is 2.50. The molecule has 1 aromatic heterocycles. The van der Waals surface area contributed by atoms with Gasteiger partial charge < -0.3 is 9.47 Å². The summed E-state index contributed by atoms with van der Waals surface area (Å²) in [4.78, 5) is 24.5. The van der Waals surface area contributed by atoms with E-state index in [1.807, 2.05) is 18.2 Å². The van der Waals surface area contributed by atoms with Crippen LogP contribution in [0.25, 0.3) is 11.3 Å². The Kier molecular flexibility index (Phi) is 7.28. The van der Waals surface area contributed by atoms with Gasteiger partial charge in [0.1, 0.15) is 17.4 Å². The molecule has 1 atom stereocenters. The van der Waals surface area contributed by atoms with Crippen molar-refractivity contribution in [3.8, 4) is 11.3 Å². The Morgan fingerprint density at radius 3 is 2.33 bits per heavy atom. The first kappa shape index (κ1) is 24.1. The molecule has 0 aliphatic carbocycles. The molecular formula is C24H27ClN4O4. The molecule has 0 bridgehead atoms. The van der Waals surface area contributed by atoms with Crippen molar-refractivity contribution in [1.29, 1.82) is 0 Å². The first-order valence-corrected chi connectivity index (χ1v) is 10.8. The summed E-state index contributed by atoms with van der Waals surface area (Å²) in [6.45, 7) is 7.14. The largest absolute Gasteiger partial charge is 0.444 e. The Morgan fingerprint density at radius 2 is 1.70 bits per heavy atom. The Hall–Kier alpha value is -3.52. The molecule has 0 radical (unpaired) electrons. The number of hydrogen-bond donors (Lipinski definition) is 2. The molecule has 0 aliphatic rings. The number of carbonyl (C=O) groups is 2. The summed E-state index contributed by atoms with van der Waals surface area (Å²) < 4.78 is 12.3. The van der Waals surface area contributed by atoms with Gasteiger partial charge in [0.2, 0.25) is 0 Å². The molecule has 2 N–H and O–H groups in total. The summed E-state index contributed by atoms with van der Waals surface area (Å²) in [5.74, 6) is 0. The normalized spacial score (nSPS) is 12.1. The molecule has 2 aromatic carbocycles. The van der Waals surface area contributed by atoms with Gasteiger partial charge in [-0.05, 0) is 45.9 Å². The van der Waals surface area contributed by atoms with E-state index in [1.54, 1.807) is 76.0 Å². The zero-order chi connectivity index (χ0) is 24.2. The number of rotatable bonds is 5. The fourth-order valence-electron chi connectivity index (χ4n) is 3.09. The lowest BCUT2D eigenvalue weighted by molar-refractivity contribution is 0.0636. The minimum atomic E-state index is -0.625. The Balaban J connectivity index is 1.69. The van der Waals surface area contributed by atoms with Crippen LogP contribution in [0.2, 0.25) is 5.02 Å². The van der Waals surface area contributed by atoms with E-state index < -0.39 is 23.9 Å². The highest BCUT2D eigenvalue weighted by molar-refractivity contribution is 6.31. The third-order valence-corrected chi connectivity index (χ3v) is 4.84. The smallest absolute Gasteiger partial charge is 0.412 e. The van der Waals surface area contributed by atoms with Gasteiger partial charge in [-0.3, -0.25) is 15.3 Å². The van der Waals surface area contributed by atoms with Crippen LogP contribution in [0.5, 0.6) is 0 Å². The number of nitrogens with one attached hydrogen (secondary N) is 2. The number of carbonyl (C=O) groups excluding carboxylic acids is 2. The number of hydrogen-bond acceptors (Lipinski definition) is 5. The Labute approximate surface area is 197 Å². The number of amides is 2. The maximum atomic E-state index is 12.5. The lowest BCUT2D eigenvalue weighted by Gasteiger charge is -2.19. The van der Waals surface area contributed by atoms with Crippen molar-refractivity contribution in [1.82, 2.24) is 9.78 Å². The van der Waals surface area contributed by atoms with Crippen LogP contribution in [-0.2, 0) is 16.5 Å². The van der Waals surface area contributed by atoms with Crippen LogP contribution in [0.3, 0.4) is 0 Å². The third-order valence-electron chi connectivity index (χ3n) is 4.50. The van der Waals surface area contributed by atoms with E-state index >= 15 is 0 Å². The van der Waals surface area contributed by atoms with E-state index in [1.165, 1.54) is 0 Å². The number of benzene rings is 2. The van der Waals surface area contributed by atoms with Crippen molar-refractivity contribution >= 4 is 35.2 Å². The first-order chi connectivity index (χ1) is 15.5. The fourth-order valence-corrected chi connectivity index (χ4v) is 3.38. The number of nitrogens with zero attached hydrogens (tertiary/aromatic N) is 2. The van der Waals surface area contributed by atoms with Crippen LogP contribution in [-0.4, -0.2) is 27.6 Å². The van der Waals surface area contributed by atoms with Gasteiger partial charge in [0, 0.05) is 35.1 Å². The molecule has 8 nitrogen and oxygen atoms in total. The number of halogens is 1. The summed E-state index contributed by atoms with van der Waals surface area (Å²) in [6.07, 6.45) is -0.00776. The molecule has 33 heavy (non-hydrogen) atoms. The highest BCUT2D eigenvalue weighted by Crippen LogP contribution is 2.29. The van der Waals surface area contributed by atoms with Gasteiger partial charge in [-0.1, -0.05) is 41.9 Å². The number of anilines is 2. The number of aromatic nitrogens is 2. The molecule has 0 spiro atoms. The average molecular weight is 471 g/mol. The number of aryl methyl sites for hydroxylation is 1. The molecule has 0 saturated carbocycles. The Bertz CT molecular complexity index is 1140. The first-order valence-electron chi connectivity index (χ1n) is 10.4. The SMILES string of the molecule is C[C@@H](OC(=O)Nc1cn(C)nc1-c1ccc(NC(=O)OC(C)(C)C)cc1)c1ccccc1Cl. The topological polar surface area (TPSA) is 94.5 Å². The highest BCUT2D eigenvalue weighted by atomic mass is 35.5. The van der Waals surface area contributed by atoms with Crippen LogP contribution in [0.1, 0.15) is 39.4 Å². The van der Waals surface area contributed by atoms with Crippen LogP contribution >= 0.6 is 11.6 Å². The van der Waals surface area contributed by atoms with Crippen LogP contribution < -0.4 is 10.6 Å². The lowest BCUT2D eigenvalue weighted by atomic mass is 10.1. The molecule has 1 heterocycles. The zero-order valence-electron chi connectivity index (χ0n) is 19.2. The van der Waals surface area contributed by atoms with Crippen molar-refractivity contribution in [3.05, 3.63) is 65.3 Å². The molecule has 174 valence electrons. The van der Waals surface area contributed by atoms with Gasteiger partial charge >= 0.3 is 12.2 Å². The summed E-state index contributed by atoms with van der Waals surface area (Å²) in [6, 6.07) is 14.2. The van der Waals surface area contributed by atoms with Crippen molar-refractivity contribution in [3.63, 3.8) is 0 Å². The maximum absolute atomic E-state index is 12.5. The van der Waals surface area contributed by atoms with Crippen LogP contribution in [0, 0.1) is 0 Å². The summed E-state index contributed by atoms with van der Waals surface area (Å²) >= 11 is 6.19. The molecule has 0 fully saturated rings.